The van der Waals surface area contributed by atoms with Crippen molar-refractivity contribution in [2.45, 2.75) is 9.79 Å². The smallest absolute Gasteiger partial charge is 0.164 e. The molecule has 0 spiro atoms. The number of hydrogen-bond donors (Lipinski definition) is 0. The lowest BCUT2D eigenvalue weighted by atomic mass is 10.1. The Morgan fingerprint density at radius 3 is 1.75 bits per heavy atom. The summed E-state index contributed by atoms with van der Waals surface area (Å²) in [7, 11) is -1.21. The number of para-hydroxylation sites is 1. The highest BCUT2D eigenvalue weighted by molar-refractivity contribution is 8.33. The predicted molar refractivity (Wildman–Crippen MR) is 165 cm³/mol. The van der Waals surface area contributed by atoms with Crippen LogP contribution in [0.15, 0.2) is 137 Å². The van der Waals surface area contributed by atoms with Gasteiger partial charge in [-0.05, 0) is 48.9 Å². The second-order valence-corrected chi connectivity index (χ2v) is 13.6. The molecule has 6 heteroatoms. The molecule has 3 heterocycles. The van der Waals surface area contributed by atoms with Crippen LogP contribution in [-0.2, 0) is 0 Å². The molecule has 0 N–H and O–H groups in total. The topological polar surface area (TPSA) is 54.8 Å². The standard InChI is InChI=1S/C34H27N5S/c1-40(2)29-20-10-9-19-28(29)39(34-30(40)21-12-22-35-34)27-18-11-17-26(23-27)33-37-31(24-13-5-3-6-14-24)36-32(38-33)25-15-7-4-8-16-25/h3-23H,1-2H3. The van der Waals surface area contributed by atoms with E-state index >= 15 is 0 Å². The number of pyridine rings is 1. The van der Waals surface area contributed by atoms with E-state index in [1.54, 1.807) is 0 Å². The monoisotopic (exact) mass is 537 g/mol. The molecule has 0 amide bonds. The molecule has 1 aliphatic heterocycles. The summed E-state index contributed by atoms with van der Waals surface area (Å²) in [6.07, 6.45) is 6.58. The van der Waals surface area contributed by atoms with Crippen molar-refractivity contribution in [3.8, 4) is 34.2 Å². The second-order valence-electron chi connectivity index (χ2n) is 10.0. The highest BCUT2D eigenvalue weighted by atomic mass is 32.3. The van der Waals surface area contributed by atoms with Gasteiger partial charge < -0.3 is 0 Å². The van der Waals surface area contributed by atoms with Crippen LogP contribution in [0.2, 0.25) is 0 Å². The van der Waals surface area contributed by atoms with Gasteiger partial charge in [0.15, 0.2) is 17.5 Å². The summed E-state index contributed by atoms with van der Waals surface area (Å²) in [5, 5.41) is 0. The Hall–Kier alpha value is -4.81. The number of benzene rings is 4. The Morgan fingerprint density at radius 1 is 0.525 bits per heavy atom. The highest BCUT2D eigenvalue weighted by Crippen LogP contribution is 2.66. The van der Waals surface area contributed by atoms with Crippen molar-refractivity contribution in [3.63, 3.8) is 0 Å². The quantitative estimate of drug-likeness (QED) is 0.226. The largest absolute Gasteiger partial charge is 0.293 e. The molecule has 194 valence electrons. The van der Waals surface area contributed by atoms with E-state index in [1.807, 2.05) is 72.9 Å². The van der Waals surface area contributed by atoms with Crippen LogP contribution in [0.5, 0.6) is 0 Å². The molecular formula is C34H27N5S. The van der Waals surface area contributed by atoms with Crippen LogP contribution in [0.3, 0.4) is 0 Å². The van der Waals surface area contributed by atoms with E-state index in [-0.39, 0.29) is 0 Å². The van der Waals surface area contributed by atoms with Gasteiger partial charge in [-0.3, -0.25) is 4.90 Å². The van der Waals surface area contributed by atoms with E-state index in [0.29, 0.717) is 17.5 Å². The molecule has 0 fully saturated rings. The van der Waals surface area contributed by atoms with E-state index in [1.165, 1.54) is 9.79 Å². The number of hydrogen-bond acceptors (Lipinski definition) is 5. The lowest BCUT2D eigenvalue weighted by molar-refractivity contribution is 1.06. The lowest BCUT2D eigenvalue weighted by Crippen LogP contribution is -2.21. The molecule has 4 aromatic carbocycles. The van der Waals surface area contributed by atoms with Gasteiger partial charge in [-0.1, -0.05) is 84.9 Å². The van der Waals surface area contributed by atoms with E-state index in [0.717, 1.165) is 33.9 Å². The maximum absolute atomic E-state index is 4.95. The minimum atomic E-state index is -1.21. The van der Waals surface area contributed by atoms with Gasteiger partial charge in [0.1, 0.15) is 5.82 Å². The molecule has 0 saturated heterocycles. The molecule has 0 bridgehead atoms. The summed E-state index contributed by atoms with van der Waals surface area (Å²) >= 11 is 0. The van der Waals surface area contributed by atoms with Gasteiger partial charge in [0.25, 0.3) is 0 Å². The van der Waals surface area contributed by atoms with Crippen molar-refractivity contribution in [3.05, 3.63) is 128 Å². The number of rotatable bonds is 4. The van der Waals surface area contributed by atoms with Crippen molar-refractivity contribution < 1.29 is 0 Å². The van der Waals surface area contributed by atoms with Gasteiger partial charge >= 0.3 is 0 Å². The molecule has 0 aliphatic carbocycles. The third-order valence-electron chi connectivity index (χ3n) is 7.23. The summed E-state index contributed by atoms with van der Waals surface area (Å²) in [5.41, 5.74) is 5.00. The van der Waals surface area contributed by atoms with E-state index in [9.17, 15) is 0 Å². The van der Waals surface area contributed by atoms with E-state index < -0.39 is 10.0 Å². The first-order valence-electron chi connectivity index (χ1n) is 13.1. The fraction of sp³-hybridized carbons (Fsp3) is 0.0588. The number of fused-ring (bicyclic) bond motifs is 2. The molecule has 0 saturated carbocycles. The molecule has 2 aromatic heterocycles. The molecule has 0 radical (unpaired) electrons. The average molecular weight is 538 g/mol. The molecule has 40 heavy (non-hydrogen) atoms. The maximum atomic E-state index is 4.95. The number of anilines is 3. The average Bonchev–Trinajstić information content (AvgIpc) is 3.02. The molecule has 6 aromatic rings. The fourth-order valence-corrected chi connectivity index (χ4v) is 7.59. The zero-order valence-electron chi connectivity index (χ0n) is 22.3. The van der Waals surface area contributed by atoms with E-state index in [2.05, 4.69) is 72.0 Å². The van der Waals surface area contributed by atoms with Crippen molar-refractivity contribution in [2.75, 3.05) is 17.4 Å². The molecule has 1 aliphatic rings. The normalized spacial score (nSPS) is 14.2. The van der Waals surface area contributed by atoms with Crippen molar-refractivity contribution in [1.29, 1.82) is 0 Å². The van der Waals surface area contributed by atoms with Gasteiger partial charge in [-0.2, -0.15) is 10.0 Å². The summed E-state index contributed by atoms with van der Waals surface area (Å²) in [6, 6.07) is 41.5. The van der Waals surface area contributed by atoms with Crippen LogP contribution >= 0.6 is 10.0 Å². The van der Waals surface area contributed by atoms with Gasteiger partial charge in [-0.25, -0.2) is 19.9 Å². The first-order valence-corrected chi connectivity index (χ1v) is 15.6. The third-order valence-corrected chi connectivity index (χ3v) is 10.1. The Balaban J connectivity index is 1.40. The zero-order valence-corrected chi connectivity index (χ0v) is 23.1. The van der Waals surface area contributed by atoms with Gasteiger partial charge in [0.05, 0.1) is 5.69 Å². The zero-order chi connectivity index (χ0) is 27.1. The number of nitrogens with zero attached hydrogens (tertiary/aromatic N) is 5. The van der Waals surface area contributed by atoms with Crippen LogP contribution in [0, 0.1) is 0 Å². The first-order chi connectivity index (χ1) is 19.6. The Bertz CT molecular complexity index is 1730. The lowest BCUT2D eigenvalue weighted by Gasteiger charge is -2.44. The Kier molecular flexibility index (Phi) is 5.90. The molecule has 0 atom stereocenters. The molecule has 0 unspecified atom stereocenters. The minimum absolute atomic E-state index is 0.632. The second kappa shape index (κ2) is 9.74. The summed E-state index contributed by atoms with van der Waals surface area (Å²) < 4.78 is 0. The van der Waals surface area contributed by atoms with E-state index in [4.69, 9.17) is 19.9 Å². The summed E-state index contributed by atoms with van der Waals surface area (Å²) in [6.45, 7) is 0. The molecule has 7 rings (SSSR count). The molecule has 5 nitrogen and oxygen atoms in total. The summed E-state index contributed by atoms with van der Waals surface area (Å²) in [4.78, 5) is 24.5. The van der Waals surface area contributed by atoms with Crippen LogP contribution in [0.25, 0.3) is 34.2 Å². The van der Waals surface area contributed by atoms with Gasteiger partial charge in [0.2, 0.25) is 0 Å². The highest BCUT2D eigenvalue weighted by Gasteiger charge is 2.34. The minimum Gasteiger partial charge on any atom is -0.293 e. The Morgan fingerprint density at radius 2 is 1.07 bits per heavy atom. The Labute approximate surface area is 235 Å². The first kappa shape index (κ1) is 24.2. The third kappa shape index (κ3) is 4.14. The predicted octanol–water partition coefficient (Wildman–Crippen LogP) is 8.53. The van der Waals surface area contributed by atoms with Crippen LogP contribution < -0.4 is 4.90 Å². The van der Waals surface area contributed by atoms with Gasteiger partial charge in [0, 0.05) is 38.4 Å². The molecular weight excluding hydrogens is 510 g/mol. The van der Waals surface area contributed by atoms with Crippen LogP contribution in [-0.4, -0.2) is 32.4 Å². The SMILES string of the molecule is CS1(C)c2ccccc2N(c2cccc(-c3nc(-c4ccccc4)nc(-c4ccccc4)n3)c2)c2ncccc21. The van der Waals surface area contributed by atoms with Crippen molar-refractivity contribution in [1.82, 2.24) is 19.9 Å². The van der Waals surface area contributed by atoms with Crippen molar-refractivity contribution in [2.24, 2.45) is 0 Å². The summed E-state index contributed by atoms with van der Waals surface area (Å²) in [5.74, 6) is 2.90. The number of aromatic nitrogens is 4. The maximum Gasteiger partial charge on any atom is 0.164 e. The fourth-order valence-electron chi connectivity index (χ4n) is 5.24. The van der Waals surface area contributed by atoms with Crippen LogP contribution in [0.1, 0.15) is 0 Å². The van der Waals surface area contributed by atoms with Crippen molar-refractivity contribution >= 4 is 27.2 Å². The van der Waals surface area contributed by atoms with Crippen LogP contribution in [0.4, 0.5) is 17.2 Å². The van der Waals surface area contributed by atoms with Gasteiger partial charge in [-0.15, -0.1) is 0 Å².